The molecule has 0 radical (unpaired) electrons. The second kappa shape index (κ2) is 11.0. The van der Waals surface area contributed by atoms with Crippen molar-refractivity contribution in [2.24, 2.45) is 4.99 Å². The van der Waals surface area contributed by atoms with E-state index in [4.69, 9.17) is 9.73 Å². The minimum absolute atomic E-state index is 0.00750. The molecule has 246 valence electrons. The van der Waals surface area contributed by atoms with Crippen molar-refractivity contribution in [3.8, 4) is 17.4 Å². The van der Waals surface area contributed by atoms with Gasteiger partial charge in [-0.1, -0.05) is 38.5 Å². The van der Waals surface area contributed by atoms with Gasteiger partial charge in [-0.15, -0.1) is 0 Å². The summed E-state index contributed by atoms with van der Waals surface area (Å²) in [5.41, 5.74) is 6.21. The van der Waals surface area contributed by atoms with Crippen LogP contribution in [0.3, 0.4) is 0 Å². The molecule has 1 N–H and O–H groups in total. The van der Waals surface area contributed by atoms with E-state index in [-0.39, 0.29) is 34.6 Å². The van der Waals surface area contributed by atoms with Crippen molar-refractivity contribution in [3.63, 3.8) is 0 Å². The number of aliphatic imine (C=N–C) groups is 1. The van der Waals surface area contributed by atoms with Crippen LogP contribution in [-0.2, 0) is 11.8 Å². The molecule has 0 unspecified atom stereocenters. The molecule has 0 fully saturated rings. The zero-order chi connectivity index (χ0) is 34.4. The molecule has 0 bridgehead atoms. The number of rotatable bonds is 4. The molecule has 1 aromatic heterocycles. The Labute approximate surface area is 275 Å². The highest BCUT2D eigenvalue weighted by atomic mass is 19.2. The summed E-state index contributed by atoms with van der Waals surface area (Å²) in [6.45, 7) is 13.9. The third-order valence-corrected chi connectivity index (χ3v) is 9.18. The number of fused-ring (bicyclic) bond motifs is 4. The van der Waals surface area contributed by atoms with Crippen LogP contribution in [0.15, 0.2) is 53.7 Å². The Morgan fingerprint density at radius 2 is 1.50 bits per heavy atom. The zero-order valence-electron chi connectivity index (χ0n) is 27.6. The summed E-state index contributed by atoms with van der Waals surface area (Å²) >= 11 is 0. The van der Waals surface area contributed by atoms with E-state index in [9.17, 15) is 13.9 Å². The Bertz CT molecular complexity index is 2190. The topological polar surface area (TPSA) is 70.8 Å². The summed E-state index contributed by atoms with van der Waals surface area (Å²) in [6.07, 6.45) is 1.42. The van der Waals surface area contributed by atoms with Gasteiger partial charge < -0.3 is 14.7 Å². The van der Waals surface area contributed by atoms with Gasteiger partial charge in [0.1, 0.15) is 28.9 Å². The number of ether oxygens (including phenoxy) is 1. The highest BCUT2D eigenvalue weighted by Gasteiger charge is 2.48. The molecule has 6 nitrogen and oxygen atoms in total. The van der Waals surface area contributed by atoms with Crippen LogP contribution in [0.1, 0.15) is 71.3 Å². The summed E-state index contributed by atoms with van der Waals surface area (Å²) in [6, 6.07) is 11.5. The molecule has 4 aromatic carbocycles. The Morgan fingerprint density at radius 3 is 2.19 bits per heavy atom. The molecular weight excluding hydrogens is 620 g/mol. The summed E-state index contributed by atoms with van der Waals surface area (Å²) in [5.74, 6) is -5.43. The first kappa shape index (κ1) is 31.6. The Hall–Kier alpha value is -4.99. The number of anilines is 1. The van der Waals surface area contributed by atoms with E-state index in [0.29, 0.717) is 28.2 Å². The zero-order valence-corrected chi connectivity index (χ0v) is 27.6. The first-order chi connectivity index (χ1) is 22.6. The van der Waals surface area contributed by atoms with E-state index in [0.717, 1.165) is 33.5 Å². The van der Waals surface area contributed by atoms with Crippen LogP contribution in [0.25, 0.3) is 11.0 Å². The van der Waals surface area contributed by atoms with Crippen molar-refractivity contribution < 1.29 is 27.4 Å². The fourth-order valence-electron chi connectivity index (χ4n) is 7.11. The maximum Gasteiger partial charge on any atom is 0.238 e. The second-order valence-electron chi connectivity index (χ2n) is 13.9. The van der Waals surface area contributed by atoms with Crippen LogP contribution in [-0.4, -0.2) is 27.0 Å². The summed E-state index contributed by atoms with van der Waals surface area (Å²) < 4.78 is 65.4. The van der Waals surface area contributed by atoms with E-state index in [1.54, 1.807) is 12.1 Å². The molecular formula is C38H34F4N4O2. The van der Waals surface area contributed by atoms with Gasteiger partial charge in [-0.05, 0) is 92.1 Å². The van der Waals surface area contributed by atoms with Gasteiger partial charge in [-0.25, -0.2) is 27.5 Å². The second-order valence-corrected chi connectivity index (χ2v) is 13.9. The van der Waals surface area contributed by atoms with Crippen molar-refractivity contribution in [2.75, 3.05) is 4.90 Å². The maximum absolute atomic E-state index is 15.3. The number of hydrogen-bond donors (Lipinski definition) is 1. The Morgan fingerprint density at radius 1 is 0.833 bits per heavy atom. The lowest BCUT2D eigenvalue weighted by atomic mass is 9.86. The highest BCUT2D eigenvalue weighted by Crippen LogP contribution is 2.48. The summed E-state index contributed by atoms with van der Waals surface area (Å²) in [4.78, 5) is 15.9. The van der Waals surface area contributed by atoms with Gasteiger partial charge in [0.05, 0.1) is 17.8 Å². The number of aromatic hydroxyl groups is 1. The van der Waals surface area contributed by atoms with E-state index in [1.807, 2.05) is 83.7 Å². The van der Waals surface area contributed by atoms with E-state index in [1.165, 1.54) is 6.20 Å². The largest absolute Gasteiger partial charge is 0.506 e. The number of halogens is 4. The molecule has 48 heavy (non-hydrogen) atoms. The fraction of sp³-hybridized carbons (Fsp3) is 0.289. The first-order valence-corrected chi connectivity index (χ1v) is 15.7. The van der Waals surface area contributed by atoms with Crippen LogP contribution in [0.5, 0.6) is 17.4 Å². The minimum atomic E-state index is -1.84. The maximum atomic E-state index is 15.3. The molecule has 5 aromatic rings. The number of benzene rings is 4. The van der Waals surface area contributed by atoms with Crippen molar-refractivity contribution in [1.29, 1.82) is 0 Å². The fourth-order valence-corrected chi connectivity index (χ4v) is 7.11. The molecule has 2 heterocycles. The third-order valence-electron chi connectivity index (χ3n) is 9.18. The van der Waals surface area contributed by atoms with Crippen LogP contribution >= 0.6 is 0 Å². The summed E-state index contributed by atoms with van der Waals surface area (Å²) in [5, 5.41) is 10.8. The molecule has 0 saturated heterocycles. The van der Waals surface area contributed by atoms with E-state index >= 15 is 8.78 Å². The van der Waals surface area contributed by atoms with Gasteiger partial charge in [0, 0.05) is 22.4 Å². The first-order valence-electron chi connectivity index (χ1n) is 15.7. The lowest BCUT2D eigenvalue weighted by Crippen LogP contribution is -2.38. The quantitative estimate of drug-likeness (QED) is 0.119. The molecule has 10 heteroatoms. The SMILES string of the molecule is Cc1cc(Oc2cnc3cc(C(C)(C)C)cc(O)c3n2)cc(C2=N[C@H]3c4c(F)c(F)c(F)c(F)c4C[C@H]3N2c2c(C)cc(C)cc2C)c1. The average Bonchev–Trinajstić information content (AvgIpc) is 3.55. The molecule has 0 saturated carbocycles. The van der Waals surface area contributed by atoms with Gasteiger partial charge >= 0.3 is 0 Å². The minimum Gasteiger partial charge on any atom is -0.506 e. The molecule has 0 spiro atoms. The molecule has 1 aliphatic carbocycles. The third kappa shape index (κ3) is 5.05. The van der Waals surface area contributed by atoms with Crippen LogP contribution in [0.4, 0.5) is 23.2 Å². The number of phenols is 1. The van der Waals surface area contributed by atoms with Gasteiger partial charge in [0.2, 0.25) is 5.88 Å². The number of aromatic nitrogens is 2. The number of amidine groups is 1. The smallest absolute Gasteiger partial charge is 0.238 e. The van der Waals surface area contributed by atoms with Gasteiger partial charge in [0.15, 0.2) is 23.3 Å². The Kier molecular flexibility index (Phi) is 7.27. The molecule has 2 aliphatic rings. The monoisotopic (exact) mass is 654 g/mol. The summed E-state index contributed by atoms with van der Waals surface area (Å²) in [7, 11) is 0. The van der Waals surface area contributed by atoms with Crippen molar-refractivity contribution in [1.82, 2.24) is 9.97 Å². The number of phenolic OH excluding ortho intramolecular Hbond substituents is 1. The average molecular weight is 655 g/mol. The molecule has 0 amide bonds. The van der Waals surface area contributed by atoms with Crippen molar-refractivity contribution >= 4 is 22.6 Å². The van der Waals surface area contributed by atoms with Crippen LogP contribution in [0, 0.1) is 51.0 Å². The van der Waals surface area contributed by atoms with Crippen molar-refractivity contribution in [2.45, 2.75) is 72.4 Å². The van der Waals surface area contributed by atoms with Gasteiger partial charge in [-0.2, -0.15) is 0 Å². The predicted octanol–water partition coefficient (Wildman–Crippen LogP) is 9.15. The van der Waals surface area contributed by atoms with Crippen LogP contribution < -0.4 is 9.64 Å². The number of nitrogens with zero attached hydrogens (tertiary/aromatic N) is 4. The number of hydrogen-bond acceptors (Lipinski definition) is 6. The normalized spacial score (nSPS) is 17.1. The highest BCUT2D eigenvalue weighted by molar-refractivity contribution is 6.13. The molecule has 7 rings (SSSR count). The lowest BCUT2D eigenvalue weighted by Gasteiger charge is -2.31. The number of aryl methyl sites for hydroxylation is 4. The molecule has 2 atom stereocenters. The van der Waals surface area contributed by atoms with E-state index in [2.05, 4.69) is 9.97 Å². The Balaban J connectivity index is 1.33. The van der Waals surface area contributed by atoms with Crippen molar-refractivity contribution in [3.05, 3.63) is 116 Å². The predicted molar refractivity (Wildman–Crippen MR) is 177 cm³/mol. The van der Waals surface area contributed by atoms with E-state index < -0.39 is 35.4 Å². The standard InChI is InChI=1S/C38H34F4N4O2/c1-17-8-19(3)36(20(4)9-17)46-26-15-24-29(31(40)33(42)32(41)30(24)39)35(26)45-37(46)21-10-18(2)11-23(12-21)48-28-16-43-25-13-22(38(5,6)7)14-27(47)34(25)44-28/h8-14,16,26,35,47H,15H2,1-7H3/t26-,35-/m1/s1. The lowest BCUT2D eigenvalue weighted by molar-refractivity contribution is 0.401. The van der Waals surface area contributed by atoms with Gasteiger partial charge in [-0.3, -0.25) is 4.99 Å². The molecule has 1 aliphatic heterocycles. The van der Waals surface area contributed by atoms with Gasteiger partial charge in [0.25, 0.3) is 0 Å². The van der Waals surface area contributed by atoms with Crippen LogP contribution in [0.2, 0.25) is 0 Å².